The summed E-state index contributed by atoms with van der Waals surface area (Å²) in [4.78, 5) is 11.1. The molecule has 0 heterocycles. The normalized spacial score (nSPS) is 23.4. The molecule has 2 saturated carbocycles. The van der Waals surface area contributed by atoms with Crippen LogP contribution in [-0.2, 0) is 4.79 Å². The highest BCUT2D eigenvalue weighted by molar-refractivity contribution is 5.68. The second-order valence-electron chi connectivity index (χ2n) is 8.63. The zero-order chi connectivity index (χ0) is 19.1. The number of hydrogen-bond donors (Lipinski definition) is 1. The van der Waals surface area contributed by atoms with Gasteiger partial charge in [0.15, 0.2) is 0 Å². The maximum atomic E-state index is 11.1. The van der Waals surface area contributed by atoms with E-state index >= 15 is 0 Å². The smallest absolute Gasteiger partial charge is 0.304 e. The van der Waals surface area contributed by atoms with Gasteiger partial charge in [-0.2, -0.15) is 0 Å². The molecule has 3 rings (SSSR count). The topological polar surface area (TPSA) is 46.5 Å². The molecule has 148 valence electrons. The van der Waals surface area contributed by atoms with Crippen molar-refractivity contribution in [1.82, 2.24) is 0 Å². The van der Waals surface area contributed by atoms with Crippen molar-refractivity contribution in [2.45, 2.75) is 77.0 Å². The van der Waals surface area contributed by atoms with E-state index in [2.05, 4.69) is 0 Å². The predicted molar refractivity (Wildman–Crippen MR) is 109 cm³/mol. The van der Waals surface area contributed by atoms with Crippen LogP contribution in [-0.4, -0.2) is 17.7 Å². The molecule has 1 aromatic rings. The Balaban J connectivity index is 1.54. The Kier molecular flexibility index (Phi) is 6.98. The van der Waals surface area contributed by atoms with E-state index in [9.17, 15) is 4.79 Å². The fraction of sp³-hybridized carbons (Fsp3) is 0.625. The van der Waals surface area contributed by atoms with Gasteiger partial charge in [0.05, 0.1) is 13.0 Å². The van der Waals surface area contributed by atoms with Crippen LogP contribution in [0.3, 0.4) is 0 Å². The van der Waals surface area contributed by atoms with E-state index in [1.54, 1.807) is 0 Å². The van der Waals surface area contributed by atoms with Crippen LogP contribution in [0, 0.1) is 11.3 Å². The first-order chi connectivity index (χ1) is 13.1. The maximum absolute atomic E-state index is 11.1. The Hall–Kier alpha value is -1.77. The van der Waals surface area contributed by atoms with Gasteiger partial charge in [0, 0.05) is 5.92 Å². The van der Waals surface area contributed by atoms with Gasteiger partial charge < -0.3 is 9.84 Å². The zero-order valence-corrected chi connectivity index (χ0v) is 16.7. The average Bonchev–Trinajstić information content (AvgIpc) is 2.67. The summed E-state index contributed by atoms with van der Waals surface area (Å²) in [6, 6.07) is 8.00. The van der Waals surface area contributed by atoms with Crippen molar-refractivity contribution in [2.75, 3.05) is 6.61 Å². The molecule has 3 heteroatoms. The van der Waals surface area contributed by atoms with Gasteiger partial charge in [-0.05, 0) is 68.1 Å². The van der Waals surface area contributed by atoms with Crippen LogP contribution in [0.1, 0.15) is 82.6 Å². The molecular formula is C24H34O3. The van der Waals surface area contributed by atoms with Crippen molar-refractivity contribution in [3.63, 3.8) is 0 Å². The average molecular weight is 371 g/mol. The lowest BCUT2D eigenvalue weighted by Gasteiger charge is -2.43. The molecule has 2 atom stereocenters. The highest BCUT2D eigenvalue weighted by Gasteiger charge is 2.37. The third-order valence-electron chi connectivity index (χ3n) is 6.57. The molecule has 2 aliphatic rings. The minimum absolute atomic E-state index is 0.0777. The first-order valence-corrected chi connectivity index (χ1v) is 10.7. The molecule has 0 radical (unpaired) electrons. The minimum atomic E-state index is -0.771. The van der Waals surface area contributed by atoms with E-state index in [1.165, 1.54) is 57.8 Å². The number of ether oxygens (including phenoxy) is 1. The van der Waals surface area contributed by atoms with E-state index < -0.39 is 5.97 Å². The van der Waals surface area contributed by atoms with E-state index in [1.807, 2.05) is 43.3 Å². The van der Waals surface area contributed by atoms with Gasteiger partial charge >= 0.3 is 5.97 Å². The van der Waals surface area contributed by atoms with Crippen LogP contribution in [0.25, 0.3) is 0 Å². The first kappa shape index (κ1) is 20.0. The Bertz CT molecular complexity index is 620. The monoisotopic (exact) mass is 370 g/mol. The van der Waals surface area contributed by atoms with Crippen molar-refractivity contribution >= 4 is 5.97 Å². The number of aliphatic carboxylic acids is 1. The fourth-order valence-electron chi connectivity index (χ4n) is 5.22. The standard InChI is InChI=1S/C24H34O3/c1-2-7-21(16-23(25)26)20-9-11-22(12-10-20)27-18-19-8-6-15-24(17-19)13-4-3-5-14-24/h2,7,9-12,19,21H,3-6,8,13-18H2,1H3,(H,25,26)/b7-2-/t19?,21-/m0/s1. The highest BCUT2D eigenvalue weighted by Crippen LogP contribution is 2.49. The summed E-state index contributed by atoms with van der Waals surface area (Å²) in [7, 11) is 0. The van der Waals surface area contributed by atoms with Gasteiger partial charge in [-0.1, -0.05) is 50.0 Å². The van der Waals surface area contributed by atoms with Gasteiger partial charge in [0.1, 0.15) is 5.75 Å². The van der Waals surface area contributed by atoms with E-state index in [0.717, 1.165) is 17.9 Å². The summed E-state index contributed by atoms with van der Waals surface area (Å²) in [5.41, 5.74) is 1.65. The molecule has 0 saturated heterocycles. The summed E-state index contributed by atoms with van der Waals surface area (Å²) in [6.07, 6.45) is 16.5. The molecule has 27 heavy (non-hydrogen) atoms. The predicted octanol–water partition coefficient (Wildman–Crippen LogP) is 6.34. The van der Waals surface area contributed by atoms with Crippen LogP contribution in [0.2, 0.25) is 0 Å². The lowest BCUT2D eigenvalue weighted by molar-refractivity contribution is -0.137. The van der Waals surface area contributed by atoms with E-state index in [-0.39, 0.29) is 12.3 Å². The van der Waals surface area contributed by atoms with Crippen LogP contribution < -0.4 is 4.74 Å². The Morgan fingerprint density at radius 2 is 1.89 bits per heavy atom. The zero-order valence-electron chi connectivity index (χ0n) is 16.7. The molecule has 0 aliphatic heterocycles. The summed E-state index contributed by atoms with van der Waals surface area (Å²) in [5, 5.41) is 9.10. The minimum Gasteiger partial charge on any atom is -0.493 e. The first-order valence-electron chi connectivity index (χ1n) is 10.7. The molecule has 3 nitrogen and oxygen atoms in total. The summed E-state index contributed by atoms with van der Waals surface area (Å²) in [5.74, 6) is 0.731. The summed E-state index contributed by atoms with van der Waals surface area (Å²) in [6.45, 7) is 2.74. The second-order valence-corrected chi connectivity index (χ2v) is 8.63. The molecule has 1 aromatic carbocycles. The molecule has 0 bridgehead atoms. The molecule has 1 N–H and O–H groups in total. The summed E-state index contributed by atoms with van der Waals surface area (Å²) < 4.78 is 6.12. The maximum Gasteiger partial charge on any atom is 0.304 e. The van der Waals surface area contributed by atoms with Crippen molar-refractivity contribution in [3.8, 4) is 5.75 Å². The quantitative estimate of drug-likeness (QED) is 0.570. The van der Waals surface area contributed by atoms with Crippen LogP contribution in [0.4, 0.5) is 0 Å². The number of allylic oxidation sites excluding steroid dienone is 2. The van der Waals surface area contributed by atoms with Crippen molar-refractivity contribution in [2.24, 2.45) is 11.3 Å². The number of hydrogen-bond acceptors (Lipinski definition) is 2. The van der Waals surface area contributed by atoms with Gasteiger partial charge in [0.2, 0.25) is 0 Å². The Morgan fingerprint density at radius 3 is 2.56 bits per heavy atom. The Morgan fingerprint density at radius 1 is 1.19 bits per heavy atom. The van der Waals surface area contributed by atoms with Gasteiger partial charge in [-0.25, -0.2) is 0 Å². The molecular weight excluding hydrogens is 336 g/mol. The number of carboxylic acid groups (broad SMARTS) is 1. The second kappa shape index (κ2) is 9.43. The third-order valence-corrected chi connectivity index (χ3v) is 6.57. The van der Waals surface area contributed by atoms with Crippen molar-refractivity contribution in [1.29, 1.82) is 0 Å². The molecule has 0 amide bonds. The van der Waals surface area contributed by atoms with Crippen molar-refractivity contribution < 1.29 is 14.6 Å². The van der Waals surface area contributed by atoms with Crippen molar-refractivity contribution in [3.05, 3.63) is 42.0 Å². The molecule has 0 aromatic heterocycles. The van der Waals surface area contributed by atoms with Gasteiger partial charge in [-0.15, -0.1) is 0 Å². The Labute approximate surface area is 163 Å². The lowest BCUT2D eigenvalue weighted by Crippen LogP contribution is -2.33. The molecule has 1 spiro atoms. The number of benzene rings is 1. The van der Waals surface area contributed by atoms with E-state index in [0.29, 0.717) is 11.3 Å². The fourth-order valence-corrected chi connectivity index (χ4v) is 5.22. The van der Waals surface area contributed by atoms with Crippen LogP contribution in [0.15, 0.2) is 36.4 Å². The van der Waals surface area contributed by atoms with Gasteiger partial charge in [0.25, 0.3) is 0 Å². The summed E-state index contributed by atoms with van der Waals surface area (Å²) >= 11 is 0. The van der Waals surface area contributed by atoms with E-state index in [4.69, 9.17) is 9.84 Å². The van der Waals surface area contributed by atoms with Crippen LogP contribution >= 0.6 is 0 Å². The van der Waals surface area contributed by atoms with Gasteiger partial charge in [-0.3, -0.25) is 4.79 Å². The molecule has 1 unspecified atom stereocenters. The molecule has 2 fully saturated rings. The molecule has 2 aliphatic carbocycles. The third kappa shape index (κ3) is 5.60. The highest BCUT2D eigenvalue weighted by atomic mass is 16.5. The largest absolute Gasteiger partial charge is 0.493 e. The number of carboxylic acids is 1. The number of carbonyl (C=O) groups is 1. The van der Waals surface area contributed by atoms with Crippen LogP contribution in [0.5, 0.6) is 5.75 Å². The SMILES string of the molecule is C/C=C\[C@@H](CC(=O)O)c1ccc(OCC2CCCC3(CCCCC3)C2)cc1. The lowest BCUT2D eigenvalue weighted by atomic mass is 9.63. The number of rotatable bonds is 7.